The molecule has 2 aromatic rings. The summed E-state index contributed by atoms with van der Waals surface area (Å²) in [6, 6.07) is 9.08. The molecule has 0 aliphatic heterocycles. The van der Waals surface area contributed by atoms with Crippen molar-refractivity contribution in [2.45, 2.75) is 19.9 Å². The zero-order chi connectivity index (χ0) is 16.8. The largest absolute Gasteiger partial charge is 0.497 e. The summed E-state index contributed by atoms with van der Waals surface area (Å²) in [6.07, 6.45) is 0. The Kier molecular flexibility index (Phi) is 5.76. The smallest absolute Gasteiger partial charge is 0.349 e. The maximum absolute atomic E-state index is 11.9. The van der Waals surface area contributed by atoms with E-state index >= 15 is 0 Å². The Balaban J connectivity index is 1.86. The monoisotopic (exact) mass is 333 g/mol. The van der Waals surface area contributed by atoms with Gasteiger partial charge in [-0.15, -0.1) is 11.3 Å². The lowest BCUT2D eigenvalue weighted by Crippen LogP contribution is -2.31. The van der Waals surface area contributed by atoms with E-state index in [-0.39, 0.29) is 18.6 Å². The zero-order valence-electron chi connectivity index (χ0n) is 13.3. The predicted octanol–water partition coefficient (Wildman–Crippen LogP) is 3.10. The minimum atomic E-state index is -0.471. The molecule has 0 aliphatic carbocycles. The van der Waals surface area contributed by atoms with Crippen LogP contribution in [0.3, 0.4) is 0 Å². The van der Waals surface area contributed by atoms with E-state index in [1.807, 2.05) is 49.6 Å². The van der Waals surface area contributed by atoms with Gasteiger partial charge in [0, 0.05) is 0 Å². The van der Waals surface area contributed by atoms with Gasteiger partial charge in [-0.3, -0.25) is 4.79 Å². The van der Waals surface area contributed by atoms with Gasteiger partial charge in [0.15, 0.2) is 6.61 Å². The highest BCUT2D eigenvalue weighted by Gasteiger charge is 2.15. The standard InChI is InChI=1S/C17H19NO4S/c1-11-7-8-23-16(11)17(20)22-10-15(19)18-12(2)13-5-4-6-14(9-13)21-3/h4-9,12H,10H2,1-3H3,(H,18,19)/t12-/m0/s1. The molecule has 1 amide bonds. The third kappa shape index (κ3) is 4.56. The fourth-order valence-electron chi connectivity index (χ4n) is 2.06. The van der Waals surface area contributed by atoms with E-state index in [0.29, 0.717) is 4.88 Å². The van der Waals surface area contributed by atoms with E-state index in [0.717, 1.165) is 16.9 Å². The normalized spacial score (nSPS) is 11.6. The first-order valence-corrected chi connectivity index (χ1v) is 8.03. The summed E-state index contributed by atoms with van der Waals surface area (Å²) >= 11 is 1.30. The minimum Gasteiger partial charge on any atom is -0.497 e. The van der Waals surface area contributed by atoms with Crippen LogP contribution in [-0.4, -0.2) is 25.6 Å². The molecule has 0 saturated heterocycles. The Hall–Kier alpha value is -2.34. The number of esters is 1. The molecular weight excluding hydrogens is 314 g/mol. The maximum atomic E-state index is 11.9. The second kappa shape index (κ2) is 7.78. The van der Waals surface area contributed by atoms with Gasteiger partial charge in [-0.2, -0.15) is 0 Å². The number of carbonyl (C=O) groups excluding carboxylic acids is 2. The van der Waals surface area contributed by atoms with Crippen molar-refractivity contribution in [3.8, 4) is 5.75 Å². The van der Waals surface area contributed by atoms with E-state index in [4.69, 9.17) is 9.47 Å². The van der Waals surface area contributed by atoms with Crippen LogP contribution in [0.1, 0.15) is 33.8 Å². The molecule has 1 heterocycles. The number of amides is 1. The molecule has 0 aliphatic rings. The third-order valence-electron chi connectivity index (χ3n) is 3.35. The van der Waals surface area contributed by atoms with E-state index in [2.05, 4.69) is 5.32 Å². The van der Waals surface area contributed by atoms with Crippen molar-refractivity contribution in [2.75, 3.05) is 13.7 Å². The fourth-order valence-corrected chi connectivity index (χ4v) is 2.87. The third-order valence-corrected chi connectivity index (χ3v) is 4.35. The number of thiophene rings is 1. The molecule has 122 valence electrons. The SMILES string of the molecule is COc1cccc([C@H](C)NC(=O)COC(=O)c2sccc2C)c1. The average Bonchev–Trinajstić information content (AvgIpc) is 2.98. The second-order valence-corrected chi connectivity index (χ2v) is 5.99. The number of carbonyl (C=O) groups is 2. The first-order chi connectivity index (χ1) is 11.0. The van der Waals surface area contributed by atoms with Gasteiger partial charge in [0.05, 0.1) is 13.2 Å². The summed E-state index contributed by atoms with van der Waals surface area (Å²) < 4.78 is 10.2. The Morgan fingerprint density at radius 2 is 2.09 bits per heavy atom. The van der Waals surface area contributed by atoms with Crippen LogP contribution in [-0.2, 0) is 9.53 Å². The summed E-state index contributed by atoms with van der Waals surface area (Å²) in [5, 5.41) is 4.61. The highest BCUT2D eigenvalue weighted by atomic mass is 32.1. The number of ether oxygens (including phenoxy) is 2. The highest BCUT2D eigenvalue weighted by molar-refractivity contribution is 7.12. The summed E-state index contributed by atoms with van der Waals surface area (Å²) in [4.78, 5) is 24.3. The Morgan fingerprint density at radius 3 is 2.74 bits per heavy atom. The van der Waals surface area contributed by atoms with Crippen molar-refractivity contribution in [2.24, 2.45) is 0 Å². The minimum absolute atomic E-state index is 0.209. The van der Waals surface area contributed by atoms with E-state index < -0.39 is 5.97 Å². The lowest BCUT2D eigenvalue weighted by molar-refractivity contribution is -0.124. The van der Waals surface area contributed by atoms with Gasteiger partial charge in [-0.25, -0.2) is 4.79 Å². The highest BCUT2D eigenvalue weighted by Crippen LogP contribution is 2.19. The van der Waals surface area contributed by atoms with Gasteiger partial charge in [0.2, 0.25) is 0 Å². The molecule has 0 bridgehead atoms. The van der Waals surface area contributed by atoms with Crippen LogP contribution >= 0.6 is 11.3 Å². The van der Waals surface area contributed by atoms with Crippen molar-refractivity contribution in [1.29, 1.82) is 0 Å². The Morgan fingerprint density at radius 1 is 1.30 bits per heavy atom. The average molecular weight is 333 g/mol. The van der Waals surface area contributed by atoms with Crippen molar-refractivity contribution < 1.29 is 19.1 Å². The van der Waals surface area contributed by atoms with Gasteiger partial charge < -0.3 is 14.8 Å². The molecule has 0 radical (unpaired) electrons. The first kappa shape index (κ1) is 17.0. The number of hydrogen-bond donors (Lipinski definition) is 1. The fraction of sp³-hybridized carbons (Fsp3) is 0.294. The molecule has 1 N–H and O–H groups in total. The van der Waals surface area contributed by atoms with Crippen LogP contribution in [0, 0.1) is 6.92 Å². The van der Waals surface area contributed by atoms with E-state index in [1.54, 1.807) is 7.11 Å². The van der Waals surface area contributed by atoms with Crippen LogP contribution in [0.25, 0.3) is 0 Å². The van der Waals surface area contributed by atoms with Gasteiger partial charge in [-0.05, 0) is 48.6 Å². The van der Waals surface area contributed by atoms with Crippen molar-refractivity contribution in [3.05, 3.63) is 51.7 Å². The lowest BCUT2D eigenvalue weighted by Gasteiger charge is -2.15. The van der Waals surface area contributed by atoms with Crippen LogP contribution in [0.5, 0.6) is 5.75 Å². The van der Waals surface area contributed by atoms with Gasteiger partial charge in [0.25, 0.3) is 5.91 Å². The van der Waals surface area contributed by atoms with Crippen molar-refractivity contribution in [1.82, 2.24) is 5.32 Å². The lowest BCUT2D eigenvalue weighted by atomic mass is 10.1. The molecule has 0 unspecified atom stereocenters. The predicted molar refractivity (Wildman–Crippen MR) is 88.9 cm³/mol. The number of benzene rings is 1. The zero-order valence-corrected chi connectivity index (χ0v) is 14.1. The molecule has 0 fully saturated rings. The topological polar surface area (TPSA) is 64.6 Å². The molecule has 2 rings (SSSR count). The summed E-state index contributed by atoms with van der Waals surface area (Å²) in [5.41, 5.74) is 1.77. The summed E-state index contributed by atoms with van der Waals surface area (Å²) in [5.74, 6) is -0.0900. The van der Waals surface area contributed by atoms with E-state index in [1.165, 1.54) is 11.3 Å². The molecule has 0 spiro atoms. The number of hydrogen-bond acceptors (Lipinski definition) is 5. The molecule has 1 aromatic heterocycles. The molecule has 5 nitrogen and oxygen atoms in total. The number of rotatable bonds is 6. The number of aryl methyl sites for hydroxylation is 1. The quantitative estimate of drug-likeness (QED) is 0.825. The second-order valence-electron chi connectivity index (χ2n) is 5.07. The molecular formula is C17H19NO4S. The van der Waals surface area contributed by atoms with Crippen LogP contribution in [0.4, 0.5) is 0 Å². The summed E-state index contributed by atoms with van der Waals surface area (Å²) in [6.45, 7) is 3.39. The van der Waals surface area contributed by atoms with Gasteiger partial charge in [0.1, 0.15) is 10.6 Å². The van der Waals surface area contributed by atoms with Crippen LogP contribution in [0.15, 0.2) is 35.7 Å². The molecule has 6 heteroatoms. The Bertz CT molecular complexity index is 695. The maximum Gasteiger partial charge on any atom is 0.349 e. The molecule has 0 saturated carbocycles. The summed E-state index contributed by atoms with van der Waals surface area (Å²) in [7, 11) is 1.59. The van der Waals surface area contributed by atoms with Crippen molar-refractivity contribution in [3.63, 3.8) is 0 Å². The number of nitrogens with one attached hydrogen (secondary N) is 1. The first-order valence-electron chi connectivity index (χ1n) is 7.15. The van der Waals surface area contributed by atoms with E-state index in [9.17, 15) is 9.59 Å². The molecule has 1 atom stereocenters. The molecule has 23 heavy (non-hydrogen) atoms. The van der Waals surface area contributed by atoms with Crippen LogP contribution in [0.2, 0.25) is 0 Å². The Labute approximate surface area is 139 Å². The van der Waals surface area contributed by atoms with Crippen LogP contribution < -0.4 is 10.1 Å². The number of methoxy groups -OCH3 is 1. The van der Waals surface area contributed by atoms with Gasteiger partial charge >= 0.3 is 5.97 Å². The van der Waals surface area contributed by atoms with Gasteiger partial charge in [-0.1, -0.05) is 12.1 Å². The van der Waals surface area contributed by atoms with Crippen molar-refractivity contribution >= 4 is 23.2 Å². The molecule has 1 aromatic carbocycles.